The van der Waals surface area contributed by atoms with E-state index in [2.05, 4.69) is 41.6 Å². The van der Waals surface area contributed by atoms with Crippen LogP contribution >= 0.6 is 11.3 Å². The van der Waals surface area contributed by atoms with E-state index in [1.54, 1.807) is 0 Å². The zero-order chi connectivity index (χ0) is 14.7. The Morgan fingerprint density at radius 3 is 2.86 bits per heavy atom. The van der Waals surface area contributed by atoms with Gasteiger partial charge in [0.1, 0.15) is 0 Å². The maximum Gasteiger partial charge on any atom is 0.0309 e. The molecule has 2 fully saturated rings. The van der Waals surface area contributed by atoms with E-state index in [4.69, 9.17) is 0 Å². The molecule has 2 atom stereocenters. The van der Waals surface area contributed by atoms with Gasteiger partial charge in [0.2, 0.25) is 0 Å². The zero-order valence-corrected chi connectivity index (χ0v) is 14.4. The van der Waals surface area contributed by atoms with Crippen molar-refractivity contribution in [3.05, 3.63) is 22.4 Å². The molecular weight excluding hydrogens is 276 g/mol. The van der Waals surface area contributed by atoms with Gasteiger partial charge >= 0.3 is 0 Å². The highest BCUT2D eigenvalue weighted by atomic mass is 32.1. The molecule has 1 saturated heterocycles. The number of nitrogens with one attached hydrogen (secondary N) is 1. The summed E-state index contributed by atoms with van der Waals surface area (Å²) in [6, 6.07) is 5.85. The second-order valence-corrected chi connectivity index (χ2v) is 8.12. The first kappa shape index (κ1) is 15.5. The predicted octanol–water partition coefficient (Wildman–Crippen LogP) is 4.07. The summed E-state index contributed by atoms with van der Waals surface area (Å²) in [6.45, 7) is 7.23. The Morgan fingerprint density at radius 2 is 2.19 bits per heavy atom. The van der Waals surface area contributed by atoms with Gasteiger partial charge in [-0.1, -0.05) is 32.3 Å². The van der Waals surface area contributed by atoms with Gasteiger partial charge in [-0.15, -0.1) is 11.3 Å². The molecule has 2 heterocycles. The lowest BCUT2D eigenvalue weighted by Crippen LogP contribution is -2.66. The molecule has 2 nitrogen and oxygen atoms in total. The third-order valence-electron chi connectivity index (χ3n) is 5.59. The Kier molecular flexibility index (Phi) is 5.03. The number of nitrogens with zero attached hydrogens (tertiary/aromatic N) is 1. The van der Waals surface area contributed by atoms with E-state index in [0.717, 1.165) is 0 Å². The van der Waals surface area contributed by atoms with Crippen LogP contribution in [0.4, 0.5) is 0 Å². The maximum absolute atomic E-state index is 3.94. The zero-order valence-electron chi connectivity index (χ0n) is 13.6. The van der Waals surface area contributed by atoms with Crippen LogP contribution in [-0.2, 0) is 6.42 Å². The lowest BCUT2D eigenvalue weighted by Gasteiger charge is -2.51. The monoisotopic (exact) mass is 306 g/mol. The first-order chi connectivity index (χ1) is 10.2. The standard InChI is InChI=1S/C18H30N2S/c1-3-16-13-19-18(9-5-4-6-10-18)14-20(16)15(2)12-17-8-7-11-21-17/h7-8,11,15-16,19H,3-6,9-10,12-14H2,1-2H3. The largest absolute Gasteiger partial charge is 0.308 e. The fourth-order valence-electron chi connectivity index (χ4n) is 4.28. The summed E-state index contributed by atoms with van der Waals surface area (Å²) >= 11 is 1.91. The van der Waals surface area contributed by atoms with Gasteiger partial charge in [0.25, 0.3) is 0 Å². The number of hydrogen-bond acceptors (Lipinski definition) is 3. The summed E-state index contributed by atoms with van der Waals surface area (Å²) in [5.41, 5.74) is 0.424. The van der Waals surface area contributed by atoms with Crippen LogP contribution in [0, 0.1) is 0 Å². The van der Waals surface area contributed by atoms with E-state index >= 15 is 0 Å². The van der Waals surface area contributed by atoms with Gasteiger partial charge in [0.15, 0.2) is 0 Å². The van der Waals surface area contributed by atoms with Crippen molar-refractivity contribution in [3.63, 3.8) is 0 Å². The minimum Gasteiger partial charge on any atom is -0.308 e. The van der Waals surface area contributed by atoms with Crippen LogP contribution in [0.1, 0.15) is 57.2 Å². The van der Waals surface area contributed by atoms with Crippen molar-refractivity contribution in [2.24, 2.45) is 0 Å². The molecule has 118 valence electrons. The average Bonchev–Trinajstić information content (AvgIpc) is 3.01. The molecule has 1 aliphatic heterocycles. The van der Waals surface area contributed by atoms with Crippen LogP contribution in [0.25, 0.3) is 0 Å². The summed E-state index contributed by atoms with van der Waals surface area (Å²) in [6.07, 6.45) is 9.50. The Morgan fingerprint density at radius 1 is 1.38 bits per heavy atom. The van der Waals surface area contributed by atoms with Crippen LogP contribution in [0.3, 0.4) is 0 Å². The molecular formula is C18H30N2S. The Bertz CT molecular complexity index is 422. The van der Waals surface area contributed by atoms with Crippen molar-refractivity contribution in [1.82, 2.24) is 10.2 Å². The van der Waals surface area contributed by atoms with Crippen molar-refractivity contribution in [3.8, 4) is 0 Å². The third kappa shape index (κ3) is 3.52. The van der Waals surface area contributed by atoms with Crippen LogP contribution < -0.4 is 5.32 Å². The van der Waals surface area contributed by atoms with E-state index in [1.165, 1.54) is 62.9 Å². The van der Waals surface area contributed by atoms with Crippen LogP contribution in [-0.4, -0.2) is 35.6 Å². The fourth-order valence-corrected chi connectivity index (χ4v) is 5.11. The van der Waals surface area contributed by atoms with Gasteiger partial charge in [-0.3, -0.25) is 4.90 Å². The van der Waals surface area contributed by atoms with Gasteiger partial charge in [-0.25, -0.2) is 0 Å². The minimum absolute atomic E-state index is 0.424. The summed E-state index contributed by atoms with van der Waals surface area (Å²) in [5, 5.41) is 6.15. The molecule has 0 radical (unpaired) electrons. The van der Waals surface area contributed by atoms with Gasteiger partial charge in [-0.05, 0) is 44.1 Å². The molecule has 3 rings (SSSR count). The summed E-state index contributed by atoms with van der Waals surface area (Å²) in [7, 11) is 0. The summed E-state index contributed by atoms with van der Waals surface area (Å²) in [4.78, 5) is 4.36. The molecule has 0 aromatic carbocycles. The third-order valence-corrected chi connectivity index (χ3v) is 6.49. The molecule has 0 bridgehead atoms. The van der Waals surface area contributed by atoms with Gasteiger partial charge in [-0.2, -0.15) is 0 Å². The number of rotatable bonds is 4. The summed E-state index contributed by atoms with van der Waals surface area (Å²) < 4.78 is 0. The minimum atomic E-state index is 0.424. The fraction of sp³-hybridized carbons (Fsp3) is 0.778. The highest BCUT2D eigenvalue weighted by Gasteiger charge is 2.40. The van der Waals surface area contributed by atoms with E-state index in [9.17, 15) is 0 Å². The molecule has 1 spiro atoms. The Hall–Kier alpha value is -0.380. The average molecular weight is 307 g/mol. The quantitative estimate of drug-likeness (QED) is 0.902. The topological polar surface area (TPSA) is 15.3 Å². The highest BCUT2D eigenvalue weighted by molar-refractivity contribution is 7.09. The molecule has 1 aromatic rings. The first-order valence-electron chi connectivity index (χ1n) is 8.75. The molecule has 1 aromatic heterocycles. The van der Waals surface area contributed by atoms with Gasteiger partial charge < -0.3 is 5.32 Å². The second-order valence-electron chi connectivity index (χ2n) is 7.09. The molecule has 21 heavy (non-hydrogen) atoms. The van der Waals surface area contributed by atoms with E-state index < -0.39 is 0 Å². The number of thiophene rings is 1. The van der Waals surface area contributed by atoms with Gasteiger partial charge in [0.05, 0.1) is 0 Å². The highest BCUT2D eigenvalue weighted by Crippen LogP contribution is 2.33. The first-order valence-corrected chi connectivity index (χ1v) is 9.63. The second kappa shape index (κ2) is 6.80. The molecule has 2 unspecified atom stereocenters. The lowest BCUT2D eigenvalue weighted by molar-refractivity contribution is 0.0278. The Labute approximate surface area is 133 Å². The van der Waals surface area contributed by atoms with Crippen LogP contribution in [0.15, 0.2) is 17.5 Å². The van der Waals surface area contributed by atoms with Crippen LogP contribution in [0.2, 0.25) is 0 Å². The van der Waals surface area contributed by atoms with E-state index in [0.29, 0.717) is 17.6 Å². The molecule has 1 N–H and O–H groups in total. The SMILES string of the molecule is CCC1CNC2(CCCCC2)CN1C(C)Cc1cccs1. The normalized spacial score (nSPS) is 27.8. The van der Waals surface area contributed by atoms with Crippen molar-refractivity contribution < 1.29 is 0 Å². The van der Waals surface area contributed by atoms with Crippen molar-refractivity contribution in [1.29, 1.82) is 0 Å². The van der Waals surface area contributed by atoms with Crippen molar-refractivity contribution in [2.45, 2.75) is 76.4 Å². The summed E-state index contributed by atoms with van der Waals surface area (Å²) in [5.74, 6) is 0. The Balaban J connectivity index is 1.69. The van der Waals surface area contributed by atoms with Gasteiger partial charge in [0, 0.05) is 35.6 Å². The molecule has 3 heteroatoms. The number of piperazine rings is 1. The van der Waals surface area contributed by atoms with E-state index in [-0.39, 0.29) is 0 Å². The smallest absolute Gasteiger partial charge is 0.0309 e. The maximum atomic E-state index is 3.94. The van der Waals surface area contributed by atoms with Crippen LogP contribution in [0.5, 0.6) is 0 Å². The molecule has 2 aliphatic rings. The van der Waals surface area contributed by atoms with E-state index in [1.807, 2.05) is 11.3 Å². The molecule has 1 aliphatic carbocycles. The molecule has 1 saturated carbocycles. The molecule has 0 amide bonds. The van der Waals surface area contributed by atoms with Crippen molar-refractivity contribution >= 4 is 11.3 Å². The van der Waals surface area contributed by atoms with Crippen molar-refractivity contribution in [2.75, 3.05) is 13.1 Å². The predicted molar refractivity (Wildman–Crippen MR) is 92.1 cm³/mol. The number of hydrogen-bond donors (Lipinski definition) is 1. The lowest BCUT2D eigenvalue weighted by atomic mass is 9.78.